The van der Waals surface area contributed by atoms with Crippen LogP contribution in [0.15, 0.2) is 12.7 Å². The number of hydrogen-bond acceptors (Lipinski definition) is 9. The van der Waals surface area contributed by atoms with E-state index in [0.717, 1.165) is 12.8 Å². The monoisotopic (exact) mass is 482 g/mol. The van der Waals surface area contributed by atoms with Crippen LogP contribution in [0.2, 0.25) is 0 Å². The zero-order valence-electron chi connectivity index (χ0n) is 19.1. The summed E-state index contributed by atoms with van der Waals surface area (Å²) in [6.07, 6.45) is 10.5. The first-order valence-corrected chi connectivity index (χ1v) is 13.5. The van der Waals surface area contributed by atoms with E-state index < -0.39 is 32.3 Å². The van der Waals surface area contributed by atoms with Crippen molar-refractivity contribution in [1.29, 1.82) is 0 Å². The Morgan fingerprint density at radius 3 is 2.64 bits per heavy atom. The minimum absolute atomic E-state index is 0.0595. The Kier molecular flexibility index (Phi) is 8.32. The van der Waals surface area contributed by atoms with Crippen molar-refractivity contribution in [2.45, 2.75) is 89.3 Å². The number of nitrogens with two attached hydrogens (primary N) is 1. The van der Waals surface area contributed by atoms with Gasteiger partial charge in [-0.05, 0) is 6.42 Å². The number of anilines is 1. The molecular formula is C21H35N6O5P. The van der Waals surface area contributed by atoms with E-state index >= 15 is 0 Å². The van der Waals surface area contributed by atoms with Crippen LogP contribution in [0.3, 0.4) is 0 Å². The number of nitrogens with zero attached hydrogens (tertiary/aromatic N) is 4. The first-order valence-electron chi connectivity index (χ1n) is 12.0. The SMILES string of the molecule is CCCCCCCCCCCNP1(=O)OC[C@H]2O[C@@H](n3cnc4c(N)ncnc43)[C@H](O)[C@@H]2O1. The van der Waals surface area contributed by atoms with Crippen LogP contribution in [-0.2, 0) is 18.3 Å². The summed E-state index contributed by atoms with van der Waals surface area (Å²) in [6, 6.07) is 0. The Bertz CT molecular complexity index is 958. The number of nitrogens with one attached hydrogen (secondary N) is 1. The quantitative estimate of drug-likeness (QED) is 0.304. The average molecular weight is 483 g/mol. The highest BCUT2D eigenvalue weighted by molar-refractivity contribution is 7.51. The summed E-state index contributed by atoms with van der Waals surface area (Å²) in [4.78, 5) is 12.3. The maximum absolute atomic E-state index is 13.0. The van der Waals surface area contributed by atoms with Gasteiger partial charge in [0.2, 0.25) is 0 Å². The summed E-state index contributed by atoms with van der Waals surface area (Å²) in [5, 5.41) is 13.8. The van der Waals surface area contributed by atoms with Gasteiger partial charge in [-0.2, -0.15) is 0 Å². The largest absolute Gasteiger partial charge is 0.406 e. The Morgan fingerprint density at radius 2 is 1.88 bits per heavy atom. The van der Waals surface area contributed by atoms with Crippen LogP contribution in [0.25, 0.3) is 11.2 Å². The van der Waals surface area contributed by atoms with Crippen LogP contribution in [-0.4, -0.2) is 56.1 Å². The highest BCUT2D eigenvalue weighted by atomic mass is 31.2. The van der Waals surface area contributed by atoms with E-state index in [4.69, 9.17) is 19.5 Å². The minimum Gasteiger partial charge on any atom is -0.386 e. The van der Waals surface area contributed by atoms with Crippen molar-refractivity contribution in [2.24, 2.45) is 0 Å². The fourth-order valence-corrected chi connectivity index (χ4v) is 5.95. The van der Waals surface area contributed by atoms with E-state index in [1.807, 2.05) is 0 Å². The molecule has 2 aromatic rings. The van der Waals surface area contributed by atoms with Gasteiger partial charge in [0.1, 0.15) is 30.2 Å². The van der Waals surface area contributed by atoms with Gasteiger partial charge in [-0.3, -0.25) is 13.6 Å². The minimum atomic E-state index is -3.51. The number of nitrogen functional groups attached to an aromatic ring is 1. The lowest BCUT2D eigenvalue weighted by Crippen LogP contribution is -2.41. The molecule has 2 aliphatic rings. The van der Waals surface area contributed by atoms with Crippen LogP contribution >= 0.6 is 7.75 Å². The molecule has 2 aliphatic heterocycles. The molecule has 184 valence electrons. The fraction of sp³-hybridized carbons (Fsp3) is 0.762. The number of imidazole rings is 1. The molecule has 2 aromatic heterocycles. The molecule has 0 amide bonds. The van der Waals surface area contributed by atoms with E-state index in [1.54, 1.807) is 4.57 Å². The number of hydrogen-bond donors (Lipinski definition) is 3. The number of aromatic nitrogens is 4. The maximum Gasteiger partial charge on any atom is 0.406 e. The second kappa shape index (κ2) is 11.2. The molecule has 0 spiro atoms. The molecular weight excluding hydrogens is 447 g/mol. The fourth-order valence-electron chi connectivity index (χ4n) is 4.37. The number of unbranched alkanes of at least 4 members (excludes halogenated alkanes) is 8. The maximum atomic E-state index is 13.0. The molecule has 33 heavy (non-hydrogen) atoms. The molecule has 0 aliphatic carbocycles. The third-order valence-corrected chi connectivity index (χ3v) is 7.85. The van der Waals surface area contributed by atoms with Gasteiger partial charge in [-0.15, -0.1) is 0 Å². The number of ether oxygens (including phenoxy) is 1. The zero-order chi connectivity index (χ0) is 23.3. The smallest absolute Gasteiger partial charge is 0.386 e. The van der Waals surface area contributed by atoms with Crippen LogP contribution < -0.4 is 10.8 Å². The summed E-state index contributed by atoms with van der Waals surface area (Å²) in [5.74, 6) is 0.244. The number of aliphatic hydroxyl groups is 1. The molecule has 1 unspecified atom stereocenters. The van der Waals surface area contributed by atoms with Gasteiger partial charge in [0.05, 0.1) is 12.9 Å². The molecule has 2 fully saturated rings. The number of fused-ring (bicyclic) bond motifs is 2. The summed E-state index contributed by atoms with van der Waals surface area (Å²) < 4.78 is 31.8. The van der Waals surface area contributed by atoms with E-state index in [-0.39, 0.29) is 12.4 Å². The van der Waals surface area contributed by atoms with Crippen molar-refractivity contribution in [1.82, 2.24) is 24.6 Å². The van der Waals surface area contributed by atoms with Crippen molar-refractivity contribution in [3.8, 4) is 0 Å². The van der Waals surface area contributed by atoms with Gasteiger partial charge in [-0.1, -0.05) is 58.3 Å². The van der Waals surface area contributed by atoms with Crippen LogP contribution in [0.5, 0.6) is 0 Å². The van der Waals surface area contributed by atoms with Crippen LogP contribution in [0, 0.1) is 0 Å². The average Bonchev–Trinajstić information content (AvgIpc) is 3.37. The highest BCUT2D eigenvalue weighted by Crippen LogP contribution is 2.52. The molecule has 4 N–H and O–H groups in total. The van der Waals surface area contributed by atoms with Gasteiger partial charge in [0, 0.05) is 6.54 Å². The van der Waals surface area contributed by atoms with Gasteiger partial charge < -0.3 is 15.6 Å². The second-order valence-electron chi connectivity index (χ2n) is 8.74. The molecule has 0 radical (unpaired) electrons. The van der Waals surface area contributed by atoms with E-state index in [1.165, 1.54) is 57.6 Å². The summed E-state index contributed by atoms with van der Waals surface area (Å²) in [7, 11) is -3.51. The molecule has 11 nitrogen and oxygen atoms in total. The number of aliphatic hydroxyl groups excluding tert-OH is 1. The van der Waals surface area contributed by atoms with Crippen LogP contribution in [0.4, 0.5) is 5.82 Å². The predicted octanol–water partition coefficient (Wildman–Crippen LogP) is 3.31. The molecule has 2 saturated heterocycles. The lowest BCUT2D eigenvalue weighted by atomic mass is 10.1. The van der Waals surface area contributed by atoms with Gasteiger partial charge in [0.15, 0.2) is 17.7 Å². The first-order chi connectivity index (χ1) is 16.0. The van der Waals surface area contributed by atoms with E-state index in [9.17, 15) is 9.67 Å². The topological polar surface area (TPSA) is 147 Å². The number of rotatable bonds is 12. The lowest BCUT2D eigenvalue weighted by Gasteiger charge is -2.31. The summed E-state index contributed by atoms with van der Waals surface area (Å²) in [5.41, 5.74) is 6.71. The Labute approximate surface area is 194 Å². The highest BCUT2D eigenvalue weighted by Gasteiger charge is 2.52. The summed E-state index contributed by atoms with van der Waals surface area (Å²) in [6.45, 7) is 2.82. The standard InChI is InChI=1S/C21H35N6O5P/c1-2-3-4-5-6-7-8-9-10-11-26-33(29)30-12-15-18(32-33)17(28)21(31-15)27-14-25-16-19(22)23-13-24-20(16)27/h13-15,17-18,21,28H,2-12H2,1H3,(H,26,29)(H2,22,23,24)/t15-,17-,18-,21-,33?/m1/s1. The molecule has 5 atom stereocenters. The van der Waals surface area contributed by atoms with E-state index in [0.29, 0.717) is 17.7 Å². The van der Waals surface area contributed by atoms with Gasteiger partial charge in [0.25, 0.3) is 0 Å². The molecule has 4 heterocycles. The molecule has 0 aromatic carbocycles. The lowest BCUT2D eigenvalue weighted by molar-refractivity contribution is -0.0595. The molecule has 0 saturated carbocycles. The summed E-state index contributed by atoms with van der Waals surface area (Å²) >= 11 is 0. The third kappa shape index (κ3) is 5.72. The Morgan fingerprint density at radius 1 is 1.15 bits per heavy atom. The normalized spacial score (nSPS) is 29.5. The van der Waals surface area contributed by atoms with Crippen molar-refractivity contribution in [3.05, 3.63) is 12.7 Å². The molecule has 0 bridgehead atoms. The predicted molar refractivity (Wildman–Crippen MR) is 123 cm³/mol. The molecule has 12 heteroatoms. The van der Waals surface area contributed by atoms with Crippen LogP contribution in [0.1, 0.15) is 70.9 Å². The second-order valence-corrected chi connectivity index (χ2v) is 10.5. The first kappa shape index (κ1) is 24.5. The van der Waals surface area contributed by atoms with Crippen molar-refractivity contribution in [2.75, 3.05) is 18.9 Å². The van der Waals surface area contributed by atoms with Gasteiger partial charge in [-0.25, -0.2) is 24.6 Å². The Balaban J connectivity index is 1.24. The van der Waals surface area contributed by atoms with Gasteiger partial charge >= 0.3 is 7.75 Å². The van der Waals surface area contributed by atoms with Crippen molar-refractivity contribution in [3.63, 3.8) is 0 Å². The van der Waals surface area contributed by atoms with Crippen molar-refractivity contribution >= 4 is 24.7 Å². The third-order valence-electron chi connectivity index (χ3n) is 6.23. The van der Waals surface area contributed by atoms with Crippen molar-refractivity contribution < 1.29 is 23.5 Å². The molecule has 4 rings (SSSR count). The zero-order valence-corrected chi connectivity index (χ0v) is 20.0. The van der Waals surface area contributed by atoms with E-state index in [2.05, 4.69) is 27.0 Å². The Hall–Kier alpha value is -1.62.